The average molecular weight is 292 g/mol. The largest absolute Gasteiger partial charge is 0.494 e. The molecule has 0 aliphatic carbocycles. The summed E-state index contributed by atoms with van der Waals surface area (Å²) in [6.07, 6.45) is 0. The minimum atomic E-state index is 0.668. The van der Waals surface area contributed by atoms with Crippen LogP contribution in [0, 0.1) is 0 Å². The number of hydrogen-bond acceptors (Lipinski definition) is 5. The molecule has 5 heteroatoms. The second-order valence-corrected chi connectivity index (χ2v) is 5.83. The number of benzene rings is 1. The van der Waals surface area contributed by atoms with Gasteiger partial charge in [0.2, 0.25) is 0 Å². The smallest absolute Gasteiger partial charge is 0.123 e. The molecule has 1 aromatic carbocycles. The topological polar surface area (TPSA) is 45.0 Å². The lowest BCUT2D eigenvalue weighted by molar-refractivity contribution is 0.229. The van der Waals surface area contributed by atoms with E-state index in [0.717, 1.165) is 50.7 Å². The van der Waals surface area contributed by atoms with E-state index >= 15 is 0 Å². The fraction of sp³-hybridized carbons (Fsp3) is 0.625. The third-order valence-corrected chi connectivity index (χ3v) is 3.83. The molecule has 0 bridgehead atoms. The zero-order chi connectivity index (χ0) is 15.2. The van der Waals surface area contributed by atoms with Crippen LogP contribution in [-0.4, -0.2) is 69.8 Å². The molecule has 2 rings (SSSR count). The molecule has 0 spiro atoms. The van der Waals surface area contributed by atoms with Gasteiger partial charge in [0.1, 0.15) is 5.75 Å². The first-order valence-electron chi connectivity index (χ1n) is 7.74. The van der Waals surface area contributed by atoms with Crippen LogP contribution in [-0.2, 0) is 0 Å². The number of ether oxygens (including phenoxy) is 1. The SMILES string of the molecule is CCOc1cc(N)cc(N2CCN(CCN(C)C)CC2)c1. The molecule has 1 aromatic rings. The molecule has 5 nitrogen and oxygen atoms in total. The Bertz CT molecular complexity index is 442. The van der Waals surface area contributed by atoms with Crippen molar-refractivity contribution in [3.05, 3.63) is 18.2 Å². The summed E-state index contributed by atoms with van der Waals surface area (Å²) in [4.78, 5) is 7.15. The van der Waals surface area contributed by atoms with E-state index in [9.17, 15) is 0 Å². The number of anilines is 2. The van der Waals surface area contributed by atoms with Crippen molar-refractivity contribution in [1.29, 1.82) is 0 Å². The molecule has 1 aliphatic rings. The molecular weight excluding hydrogens is 264 g/mol. The lowest BCUT2D eigenvalue weighted by Crippen LogP contribution is -2.48. The van der Waals surface area contributed by atoms with Crippen LogP contribution in [0.5, 0.6) is 5.75 Å². The number of nitrogen functional groups attached to an aromatic ring is 1. The Morgan fingerprint density at radius 1 is 1.14 bits per heavy atom. The van der Waals surface area contributed by atoms with Gasteiger partial charge in [-0.2, -0.15) is 0 Å². The van der Waals surface area contributed by atoms with Crippen LogP contribution < -0.4 is 15.4 Å². The highest BCUT2D eigenvalue weighted by atomic mass is 16.5. The third-order valence-electron chi connectivity index (χ3n) is 3.83. The average Bonchev–Trinajstić information content (AvgIpc) is 2.45. The van der Waals surface area contributed by atoms with Gasteiger partial charge in [-0.15, -0.1) is 0 Å². The highest BCUT2D eigenvalue weighted by molar-refractivity contribution is 5.60. The van der Waals surface area contributed by atoms with Crippen LogP contribution in [0.2, 0.25) is 0 Å². The van der Waals surface area contributed by atoms with Gasteiger partial charge in [0, 0.05) is 62.8 Å². The molecule has 0 aromatic heterocycles. The second-order valence-electron chi connectivity index (χ2n) is 5.83. The maximum absolute atomic E-state index is 5.98. The van der Waals surface area contributed by atoms with Gasteiger partial charge in [-0.1, -0.05) is 0 Å². The summed E-state index contributed by atoms with van der Waals surface area (Å²) in [5, 5.41) is 0. The number of piperazine rings is 1. The monoisotopic (exact) mass is 292 g/mol. The molecule has 1 fully saturated rings. The first-order chi connectivity index (χ1) is 10.1. The van der Waals surface area contributed by atoms with Crippen molar-refractivity contribution in [2.24, 2.45) is 0 Å². The van der Waals surface area contributed by atoms with E-state index in [-0.39, 0.29) is 0 Å². The van der Waals surface area contributed by atoms with Gasteiger partial charge in [0.05, 0.1) is 6.61 Å². The van der Waals surface area contributed by atoms with Gasteiger partial charge in [0.15, 0.2) is 0 Å². The van der Waals surface area contributed by atoms with Crippen LogP contribution in [0.25, 0.3) is 0 Å². The highest BCUT2D eigenvalue weighted by Gasteiger charge is 2.17. The van der Waals surface area contributed by atoms with E-state index in [2.05, 4.69) is 34.9 Å². The van der Waals surface area contributed by atoms with Gasteiger partial charge < -0.3 is 20.3 Å². The van der Waals surface area contributed by atoms with E-state index in [4.69, 9.17) is 10.5 Å². The van der Waals surface area contributed by atoms with Crippen LogP contribution in [0.3, 0.4) is 0 Å². The van der Waals surface area contributed by atoms with Gasteiger partial charge in [0.25, 0.3) is 0 Å². The van der Waals surface area contributed by atoms with E-state index in [1.807, 2.05) is 19.1 Å². The maximum Gasteiger partial charge on any atom is 0.123 e. The quantitative estimate of drug-likeness (QED) is 0.802. The summed E-state index contributed by atoms with van der Waals surface area (Å²) >= 11 is 0. The number of likely N-dealkylation sites (N-methyl/N-ethyl adjacent to an activating group) is 1. The fourth-order valence-corrected chi connectivity index (χ4v) is 2.61. The summed E-state index contributed by atoms with van der Waals surface area (Å²) in [6, 6.07) is 6.02. The van der Waals surface area contributed by atoms with Gasteiger partial charge in [-0.05, 0) is 27.1 Å². The summed E-state index contributed by atoms with van der Waals surface area (Å²) < 4.78 is 5.58. The van der Waals surface area contributed by atoms with Crippen molar-refractivity contribution in [1.82, 2.24) is 9.80 Å². The molecule has 0 radical (unpaired) electrons. The lowest BCUT2D eigenvalue weighted by Gasteiger charge is -2.36. The van der Waals surface area contributed by atoms with Crippen molar-refractivity contribution in [3.8, 4) is 5.75 Å². The first kappa shape index (κ1) is 15.9. The number of nitrogens with two attached hydrogens (primary N) is 1. The molecular formula is C16H28N4O. The van der Waals surface area contributed by atoms with Crippen molar-refractivity contribution >= 4 is 11.4 Å². The van der Waals surface area contributed by atoms with Crippen molar-refractivity contribution in [2.75, 3.05) is 70.6 Å². The van der Waals surface area contributed by atoms with E-state index in [1.54, 1.807) is 0 Å². The Morgan fingerprint density at radius 2 is 1.86 bits per heavy atom. The number of hydrogen-bond donors (Lipinski definition) is 1. The summed E-state index contributed by atoms with van der Waals surface area (Å²) in [5.74, 6) is 0.863. The van der Waals surface area contributed by atoms with E-state index < -0.39 is 0 Å². The normalized spacial score (nSPS) is 16.5. The Balaban J connectivity index is 1.92. The zero-order valence-electron chi connectivity index (χ0n) is 13.5. The summed E-state index contributed by atoms with van der Waals surface area (Å²) in [5.41, 5.74) is 7.92. The Kier molecular flexibility index (Phi) is 5.70. The molecule has 1 heterocycles. The third kappa shape index (κ3) is 4.79. The second kappa shape index (κ2) is 7.52. The van der Waals surface area contributed by atoms with E-state index in [1.165, 1.54) is 5.69 Å². The van der Waals surface area contributed by atoms with E-state index in [0.29, 0.717) is 6.61 Å². The molecule has 0 saturated carbocycles. The Morgan fingerprint density at radius 3 is 2.48 bits per heavy atom. The highest BCUT2D eigenvalue weighted by Crippen LogP contribution is 2.26. The molecule has 0 atom stereocenters. The minimum absolute atomic E-state index is 0.668. The zero-order valence-corrected chi connectivity index (χ0v) is 13.5. The predicted molar refractivity (Wildman–Crippen MR) is 89.2 cm³/mol. The van der Waals surface area contributed by atoms with Crippen molar-refractivity contribution in [2.45, 2.75) is 6.92 Å². The van der Waals surface area contributed by atoms with Crippen LogP contribution in [0.1, 0.15) is 6.92 Å². The molecule has 1 aliphatic heterocycles. The van der Waals surface area contributed by atoms with Gasteiger partial charge in [-0.25, -0.2) is 0 Å². The molecule has 118 valence electrons. The number of rotatable bonds is 6. The Hall–Kier alpha value is -1.46. The summed E-state index contributed by atoms with van der Waals surface area (Å²) in [7, 11) is 4.25. The molecule has 0 unspecified atom stereocenters. The van der Waals surface area contributed by atoms with Crippen molar-refractivity contribution < 1.29 is 4.74 Å². The van der Waals surface area contributed by atoms with Crippen LogP contribution in [0.15, 0.2) is 18.2 Å². The van der Waals surface area contributed by atoms with Gasteiger partial charge >= 0.3 is 0 Å². The molecule has 2 N–H and O–H groups in total. The molecule has 21 heavy (non-hydrogen) atoms. The summed E-state index contributed by atoms with van der Waals surface area (Å²) in [6.45, 7) is 9.21. The fourth-order valence-electron chi connectivity index (χ4n) is 2.61. The maximum atomic E-state index is 5.98. The molecule has 1 saturated heterocycles. The van der Waals surface area contributed by atoms with Crippen LogP contribution in [0.4, 0.5) is 11.4 Å². The number of nitrogens with zero attached hydrogens (tertiary/aromatic N) is 3. The molecule has 0 amide bonds. The lowest BCUT2D eigenvalue weighted by atomic mass is 10.2. The van der Waals surface area contributed by atoms with Crippen molar-refractivity contribution in [3.63, 3.8) is 0 Å². The minimum Gasteiger partial charge on any atom is -0.494 e. The first-order valence-corrected chi connectivity index (χ1v) is 7.74. The van der Waals surface area contributed by atoms with Gasteiger partial charge in [-0.3, -0.25) is 4.90 Å². The predicted octanol–water partition coefficient (Wildman–Crippen LogP) is 1.35. The standard InChI is InChI=1S/C16H28N4O/c1-4-21-16-12-14(17)11-15(13-16)20-9-7-19(8-10-20)6-5-18(2)3/h11-13H,4-10,17H2,1-3H3. The Labute approximate surface area is 128 Å². The van der Waals surface area contributed by atoms with Crippen LogP contribution >= 0.6 is 0 Å².